The lowest BCUT2D eigenvalue weighted by atomic mass is 10.2. The summed E-state index contributed by atoms with van der Waals surface area (Å²) in [6.07, 6.45) is 0.667. The zero-order valence-electron chi connectivity index (χ0n) is 11.9. The zero-order chi connectivity index (χ0) is 12.7. The van der Waals surface area contributed by atoms with Crippen LogP contribution in [0.15, 0.2) is 0 Å². The summed E-state index contributed by atoms with van der Waals surface area (Å²) in [4.78, 5) is 16.3. The van der Waals surface area contributed by atoms with Crippen molar-refractivity contribution in [3.63, 3.8) is 0 Å². The molecule has 0 radical (unpaired) electrons. The number of carbonyl (C=O) groups is 1. The van der Waals surface area contributed by atoms with Crippen molar-refractivity contribution < 1.29 is 4.79 Å². The summed E-state index contributed by atoms with van der Waals surface area (Å²) in [5, 5.41) is 3.27. The minimum absolute atomic E-state index is 0. The molecule has 0 spiro atoms. The summed E-state index contributed by atoms with van der Waals surface area (Å²) >= 11 is 0. The van der Waals surface area contributed by atoms with Crippen LogP contribution in [0.3, 0.4) is 0 Å². The average Bonchev–Trinajstić information content (AvgIpc) is 2.34. The molecule has 0 aromatic rings. The second-order valence-corrected chi connectivity index (χ2v) is 5.17. The Morgan fingerprint density at radius 3 is 2.44 bits per heavy atom. The summed E-state index contributed by atoms with van der Waals surface area (Å²) in [6, 6.07) is 0. The van der Waals surface area contributed by atoms with Crippen LogP contribution in [0.1, 0.15) is 27.2 Å². The standard InChI is InChI=1S/C13H27N3O.ClH/c1-4-15(11-12(2)3)8-5-13(17)16-9-6-14-7-10-16;/h12,14H,4-11H2,1-3H3;1H. The van der Waals surface area contributed by atoms with Crippen molar-refractivity contribution in [2.75, 3.05) is 45.8 Å². The Bertz CT molecular complexity index is 230. The lowest BCUT2D eigenvalue weighted by Crippen LogP contribution is -2.47. The van der Waals surface area contributed by atoms with Gasteiger partial charge in [0.05, 0.1) is 0 Å². The van der Waals surface area contributed by atoms with E-state index < -0.39 is 0 Å². The maximum absolute atomic E-state index is 12.0. The summed E-state index contributed by atoms with van der Waals surface area (Å²) in [5.41, 5.74) is 0. The molecule has 108 valence electrons. The number of amides is 1. The van der Waals surface area contributed by atoms with Crippen LogP contribution in [0.25, 0.3) is 0 Å². The molecule has 0 aromatic heterocycles. The topological polar surface area (TPSA) is 35.6 Å². The van der Waals surface area contributed by atoms with Crippen LogP contribution in [0, 0.1) is 5.92 Å². The zero-order valence-corrected chi connectivity index (χ0v) is 12.8. The largest absolute Gasteiger partial charge is 0.340 e. The molecule has 1 fully saturated rings. The molecule has 0 unspecified atom stereocenters. The Kier molecular flexibility index (Phi) is 9.42. The summed E-state index contributed by atoms with van der Waals surface area (Å²) < 4.78 is 0. The molecule has 1 heterocycles. The second-order valence-electron chi connectivity index (χ2n) is 5.17. The van der Waals surface area contributed by atoms with Gasteiger partial charge in [0, 0.05) is 45.7 Å². The number of hydrogen-bond acceptors (Lipinski definition) is 3. The molecule has 0 aliphatic carbocycles. The number of carbonyl (C=O) groups excluding carboxylic acids is 1. The van der Waals surface area contributed by atoms with Gasteiger partial charge in [-0.2, -0.15) is 0 Å². The predicted octanol–water partition coefficient (Wildman–Crippen LogP) is 1.21. The molecular formula is C13H28ClN3O. The molecule has 1 aliphatic rings. The Morgan fingerprint density at radius 2 is 1.94 bits per heavy atom. The van der Waals surface area contributed by atoms with E-state index >= 15 is 0 Å². The molecule has 0 bridgehead atoms. The van der Waals surface area contributed by atoms with E-state index in [2.05, 4.69) is 31.0 Å². The van der Waals surface area contributed by atoms with Gasteiger partial charge >= 0.3 is 0 Å². The van der Waals surface area contributed by atoms with E-state index in [0.29, 0.717) is 18.2 Å². The first-order valence-electron chi connectivity index (χ1n) is 6.84. The van der Waals surface area contributed by atoms with Crippen molar-refractivity contribution in [3.8, 4) is 0 Å². The van der Waals surface area contributed by atoms with Crippen LogP contribution in [-0.2, 0) is 4.79 Å². The fourth-order valence-electron chi connectivity index (χ4n) is 2.22. The van der Waals surface area contributed by atoms with Crippen LogP contribution in [0.5, 0.6) is 0 Å². The maximum atomic E-state index is 12.0. The third-order valence-electron chi connectivity index (χ3n) is 3.18. The summed E-state index contributed by atoms with van der Waals surface area (Å²) in [6.45, 7) is 13.3. The molecule has 1 rings (SSSR count). The van der Waals surface area contributed by atoms with Crippen LogP contribution >= 0.6 is 12.4 Å². The minimum atomic E-state index is 0. The van der Waals surface area contributed by atoms with Gasteiger partial charge in [-0.25, -0.2) is 0 Å². The highest BCUT2D eigenvalue weighted by Crippen LogP contribution is 2.02. The van der Waals surface area contributed by atoms with Gasteiger partial charge in [-0.05, 0) is 12.5 Å². The average molecular weight is 278 g/mol. The molecule has 1 N–H and O–H groups in total. The quantitative estimate of drug-likeness (QED) is 0.793. The molecule has 5 heteroatoms. The summed E-state index contributed by atoms with van der Waals surface area (Å²) in [7, 11) is 0. The van der Waals surface area contributed by atoms with E-state index in [1.165, 1.54) is 0 Å². The van der Waals surface area contributed by atoms with Crippen LogP contribution in [0.2, 0.25) is 0 Å². The van der Waals surface area contributed by atoms with E-state index in [1.807, 2.05) is 4.90 Å². The van der Waals surface area contributed by atoms with E-state index in [1.54, 1.807) is 0 Å². The monoisotopic (exact) mass is 277 g/mol. The Labute approximate surface area is 117 Å². The lowest BCUT2D eigenvalue weighted by molar-refractivity contribution is -0.132. The number of piperazine rings is 1. The highest BCUT2D eigenvalue weighted by atomic mass is 35.5. The SMILES string of the molecule is CCN(CCC(=O)N1CCNCC1)CC(C)C.Cl. The molecular weight excluding hydrogens is 250 g/mol. The minimum Gasteiger partial charge on any atom is -0.340 e. The van der Waals surface area contributed by atoms with Gasteiger partial charge in [0.2, 0.25) is 5.91 Å². The number of nitrogens with zero attached hydrogens (tertiary/aromatic N) is 2. The molecule has 0 aromatic carbocycles. The highest BCUT2D eigenvalue weighted by molar-refractivity contribution is 5.85. The maximum Gasteiger partial charge on any atom is 0.223 e. The van der Waals surface area contributed by atoms with Crippen LogP contribution < -0.4 is 5.32 Å². The Morgan fingerprint density at radius 1 is 1.33 bits per heavy atom. The van der Waals surface area contributed by atoms with E-state index in [-0.39, 0.29) is 12.4 Å². The molecule has 0 saturated carbocycles. The normalized spacial score (nSPS) is 15.9. The van der Waals surface area contributed by atoms with Crippen molar-refractivity contribution in [2.45, 2.75) is 27.2 Å². The van der Waals surface area contributed by atoms with Crippen molar-refractivity contribution >= 4 is 18.3 Å². The third-order valence-corrected chi connectivity index (χ3v) is 3.18. The number of nitrogens with one attached hydrogen (secondary N) is 1. The van der Waals surface area contributed by atoms with E-state index in [4.69, 9.17) is 0 Å². The second kappa shape index (κ2) is 9.59. The van der Waals surface area contributed by atoms with Crippen LogP contribution in [-0.4, -0.2) is 61.5 Å². The van der Waals surface area contributed by atoms with Crippen molar-refractivity contribution in [3.05, 3.63) is 0 Å². The van der Waals surface area contributed by atoms with E-state index in [0.717, 1.165) is 45.8 Å². The molecule has 1 amide bonds. The smallest absolute Gasteiger partial charge is 0.223 e. The van der Waals surface area contributed by atoms with E-state index in [9.17, 15) is 4.79 Å². The molecule has 18 heavy (non-hydrogen) atoms. The molecule has 0 atom stereocenters. The van der Waals surface area contributed by atoms with Crippen LogP contribution in [0.4, 0.5) is 0 Å². The molecule has 4 nitrogen and oxygen atoms in total. The highest BCUT2D eigenvalue weighted by Gasteiger charge is 2.16. The number of halogens is 1. The van der Waals surface area contributed by atoms with Gasteiger partial charge in [0.15, 0.2) is 0 Å². The van der Waals surface area contributed by atoms with Gasteiger partial charge in [-0.1, -0.05) is 20.8 Å². The summed E-state index contributed by atoms with van der Waals surface area (Å²) in [5.74, 6) is 0.984. The molecule has 1 aliphatic heterocycles. The Balaban J connectivity index is 0.00000289. The number of hydrogen-bond donors (Lipinski definition) is 1. The lowest BCUT2D eigenvalue weighted by Gasteiger charge is -2.29. The first-order valence-corrected chi connectivity index (χ1v) is 6.84. The first kappa shape index (κ1) is 17.7. The van der Waals surface area contributed by atoms with Crippen molar-refractivity contribution in [1.82, 2.24) is 15.1 Å². The Hall–Kier alpha value is -0.320. The third kappa shape index (κ3) is 6.57. The van der Waals surface area contributed by atoms with Gasteiger partial charge in [0.1, 0.15) is 0 Å². The predicted molar refractivity (Wildman–Crippen MR) is 78.3 cm³/mol. The van der Waals surface area contributed by atoms with Crippen molar-refractivity contribution in [2.24, 2.45) is 5.92 Å². The van der Waals surface area contributed by atoms with Gasteiger partial charge in [-0.3, -0.25) is 4.79 Å². The molecule has 1 saturated heterocycles. The van der Waals surface area contributed by atoms with Gasteiger partial charge in [0.25, 0.3) is 0 Å². The fraction of sp³-hybridized carbons (Fsp3) is 0.923. The fourth-order valence-corrected chi connectivity index (χ4v) is 2.22. The van der Waals surface area contributed by atoms with Crippen molar-refractivity contribution in [1.29, 1.82) is 0 Å². The number of rotatable bonds is 6. The van der Waals surface area contributed by atoms with Gasteiger partial charge < -0.3 is 15.1 Å². The first-order chi connectivity index (χ1) is 8.13. The van der Waals surface area contributed by atoms with Gasteiger partial charge in [-0.15, -0.1) is 12.4 Å².